The minimum Gasteiger partial charge on any atom is -0.482 e. The lowest BCUT2D eigenvalue weighted by atomic mass is 9.47. The van der Waals surface area contributed by atoms with E-state index in [1.54, 1.807) is 12.1 Å². The van der Waals surface area contributed by atoms with Crippen LogP contribution in [0.15, 0.2) is 45.1 Å². The highest BCUT2D eigenvalue weighted by atomic mass is 16.6. The maximum atomic E-state index is 12.9. The first-order valence-corrected chi connectivity index (χ1v) is 18.6. The number of benzene rings is 1. The van der Waals surface area contributed by atoms with Crippen molar-refractivity contribution in [1.29, 1.82) is 0 Å². The van der Waals surface area contributed by atoms with Crippen LogP contribution in [0.25, 0.3) is 11.0 Å². The van der Waals surface area contributed by atoms with E-state index >= 15 is 0 Å². The fraction of sp³-hybridized carbons (Fsp3) is 0.707. The summed E-state index contributed by atoms with van der Waals surface area (Å²) in [5, 5.41) is 0.909. The van der Waals surface area contributed by atoms with Gasteiger partial charge in [-0.1, -0.05) is 78.9 Å². The molecular formula is C41H58O5. The van der Waals surface area contributed by atoms with E-state index in [0.29, 0.717) is 16.7 Å². The van der Waals surface area contributed by atoms with Crippen LogP contribution in [0.1, 0.15) is 124 Å². The zero-order chi connectivity index (χ0) is 32.6. The van der Waals surface area contributed by atoms with Crippen molar-refractivity contribution in [2.45, 2.75) is 131 Å². The summed E-state index contributed by atoms with van der Waals surface area (Å²) in [4.78, 5) is 25.0. The SMILES string of the molecule is CCCc1cc(=O)oc2cc(OCC(=O)OC3CCC4(C)C(=CCC5C4CCC4(C)C(C(C)CCCC(C)C)CCC54)C3)ccc12. The molecule has 6 rings (SSSR count). The molecule has 4 aliphatic carbocycles. The Morgan fingerprint density at radius 1 is 1.02 bits per heavy atom. The van der Waals surface area contributed by atoms with E-state index in [1.807, 2.05) is 12.1 Å². The molecule has 4 aliphatic rings. The van der Waals surface area contributed by atoms with Gasteiger partial charge in [0.2, 0.25) is 0 Å². The summed E-state index contributed by atoms with van der Waals surface area (Å²) in [5.74, 6) is 5.11. The van der Waals surface area contributed by atoms with Crippen LogP contribution in [0.2, 0.25) is 0 Å². The molecule has 3 saturated carbocycles. The number of carbonyl (C=O) groups excluding carboxylic acids is 1. The monoisotopic (exact) mass is 630 g/mol. The van der Waals surface area contributed by atoms with Gasteiger partial charge in [0, 0.05) is 23.9 Å². The standard InChI is InChI=1S/C41H58O5/c1-7-9-28-22-38(42)46-37-24-30(13-15-32(28)37)44-25-39(43)45-31-18-20-40(5)29(23-31)12-14-33-35-17-16-34(27(4)11-8-10-26(2)3)41(35,6)21-19-36(33)40/h12-13,15,22,24,26-27,31,33-36H,7-11,14,16-21,23,25H2,1-6H3. The smallest absolute Gasteiger partial charge is 0.344 e. The number of hydrogen-bond acceptors (Lipinski definition) is 5. The Morgan fingerprint density at radius 3 is 2.63 bits per heavy atom. The van der Waals surface area contributed by atoms with E-state index in [4.69, 9.17) is 13.9 Å². The molecule has 0 aliphatic heterocycles. The average molecular weight is 631 g/mol. The Balaban J connectivity index is 1.05. The van der Waals surface area contributed by atoms with Crippen molar-refractivity contribution in [1.82, 2.24) is 0 Å². The molecular weight excluding hydrogens is 572 g/mol. The highest BCUT2D eigenvalue weighted by molar-refractivity contribution is 5.81. The number of allylic oxidation sites excluding steroid dienone is 1. The van der Waals surface area contributed by atoms with Crippen molar-refractivity contribution in [3.05, 3.63) is 51.9 Å². The lowest BCUT2D eigenvalue weighted by Gasteiger charge is -2.58. The van der Waals surface area contributed by atoms with Gasteiger partial charge in [-0.05, 0) is 115 Å². The van der Waals surface area contributed by atoms with E-state index in [0.717, 1.165) is 78.6 Å². The number of fused-ring (bicyclic) bond motifs is 6. The summed E-state index contributed by atoms with van der Waals surface area (Å²) < 4.78 is 17.2. The number of hydrogen-bond donors (Lipinski definition) is 0. The maximum absolute atomic E-state index is 12.9. The molecule has 0 N–H and O–H groups in total. The Labute approximate surface area is 276 Å². The van der Waals surface area contributed by atoms with Crippen molar-refractivity contribution in [3.8, 4) is 5.75 Å². The molecule has 46 heavy (non-hydrogen) atoms. The number of ether oxygens (including phenoxy) is 2. The molecule has 1 heterocycles. The highest BCUT2D eigenvalue weighted by Crippen LogP contribution is 2.67. The van der Waals surface area contributed by atoms with Gasteiger partial charge < -0.3 is 13.9 Å². The van der Waals surface area contributed by atoms with Crippen LogP contribution in [0.4, 0.5) is 0 Å². The summed E-state index contributed by atoms with van der Waals surface area (Å²) in [6.07, 6.45) is 18.0. The predicted molar refractivity (Wildman–Crippen MR) is 185 cm³/mol. The molecule has 0 radical (unpaired) electrons. The van der Waals surface area contributed by atoms with Gasteiger partial charge in [0.1, 0.15) is 17.4 Å². The Hall–Kier alpha value is -2.56. The van der Waals surface area contributed by atoms with Crippen LogP contribution < -0.4 is 10.4 Å². The third kappa shape index (κ3) is 6.46. The van der Waals surface area contributed by atoms with Crippen LogP contribution in [0, 0.1) is 46.3 Å². The van der Waals surface area contributed by atoms with Crippen LogP contribution in [-0.2, 0) is 16.0 Å². The van der Waals surface area contributed by atoms with Crippen molar-refractivity contribution in [2.24, 2.45) is 46.3 Å². The molecule has 8 atom stereocenters. The minimum absolute atomic E-state index is 0.0883. The largest absolute Gasteiger partial charge is 0.482 e. The first-order valence-electron chi connectivity index (χ1n) is 18.6. The Kier molecular flexibility index (Phi) is 9.80. The second-order valence-corrected chi connectivity index (χ2v) is 16.4. The number of esters is 1. The molecule has 1 aromatic heterocycles. The van der Waals surface area contributed by atoms with Gasteiger partial charge in [-0.2, -0.15) is 0 Å². The van der Waals surface area contributed by atoms with Gasteiger partial charge in [0.25, 0.3) is 0 Å². The zero-order valence-corrected chi connectivity index (χ0v) is 29.4. The lowest BCUT2D eigenvalue weighted by molar-refractivity contribution is -0.153. The lowest BCUT2D eigenvalue weighted by Crippen LogP contribution is -2.51. The van der Waals surface area contributed by atoms with Gasteiger partial charge in [-0.3, -0.25) is 0 Å². The Morgan fingerprint density at radius 2 is 1.85 bits per heavy atom. The topological polar surface area (TPSA) is 65.7 Å². The maximum Gasteiger partial charge on any atom is 0.344 e. The quantitative estimate of drug-likeness (QED) is 0.140. The van der Waals surface area contributed by atoms with Crippen molar-refractivity contribution in [2.75, 3.05) is 6.61 Å². The number of aryl methyl sites for hydroxylation is 1. The molecule has 2 aromatic rings. The fourth-order valence-electron chi connectivity index (χ4n) is 10.9. The average Bonchev–Trinajstić information content (AvgIpc) is 3.37. The van der Waals surface area contributed by atoms with Crippen LogP contribution in [0.3, 0.4) is 0 Å². The molecule has 0 bridgehead atoms. The summed E-state index contributed by atoms with van der Waals surface area (Å²) in [6.45, 7) is 14.4. The molecule has 8 unspecified atom stereocenters. The third-order valence-electron chi connectivity index (χ3n) is 13.2. The van der Waals surface area contributed by atoms with Gasteiger partial charge in [-0.15, -0.1) is 0 Å². The van der Waals surface area contributed by atoms with Crippen molar-refractivity contribution in [3.63, 3.8) is 0 Å². The van der Waals surface area contributed by atoms with Crippen LogP contribution >= 0.6 is 0 Å². The number of carbonyl (C=O) groups is 1. The van der Waals surface area contributed by atoms with E-state index in [2.05, 4.69) is 47.6 Å². The van der Waals surface area contributed by atoms with E-state index in [-0.39, 0.29) is 29.7 Å². The van der Waals surface area contributed by atoms with Crippen molar-refractivity contribution >= 4 is 16.9 Å². The molecule has 5 nitrogen and oxygen atoms in total. The minimum atomic E-state index is -0.364. The molecule has 0 spiro atoms. The van der Waals surface area contributed by atoms with Crippen LogP contribution in [-0.4, -0.2) is 18.7 Å². The summed E-state index contributed by atoms with van der Waals surface area (Å²) in [6, 6.07) is 7.00. The third-order valence-corrected chi connectivity index (χ3v) is 13.2. The molecule has 0 saturated heterocycles. The van der Waals surface area contributed by atoms with E-state index in [9.17, 15) is 9.59 Å². The normalized spacial score (nSPS) is 32.8. The van der Waals surface area contributed by atoms with Gasteiger partial charge in [0.05, 0.1) is 0 Å². The van der Waals surface area contributed by atoms with Gasteiger partial charge >= 0.3 is 11.6 Å². The van der Waals surface area contributed by atoms with Gasteiger partial charge in [-0.25, -0.2) is 9.59 Å². The predicted octanol–water partition coefficient (Wildman–Crippen LogP) is 10.1. The van der Waals surface area contributed by atoms with E-state index in [1.165, 1.54) is 56.9 Å². The van der Waals surface area contributed by atoms with Crippen LogP contribution in [0.5, 0.6) is 5.75 Å². The Bertz CT molecular complexity index is 1490. The first kappa shape index (κ1) is 33.3. The molecule has 5 heteroatoms. The summed E-state index contributed by atoms with van der Waals surface area (Å²) >= 11 is 0. The molecule has 252 valence electrons. The second kappa shape index (κ2) is 13.5. The molecule has 1 aromatic carbocycles. The second-order valence-electron chi connectivity index (χ2n) is 16.4. The summed E-state index contributed by atoms with van der Waals surface area (Å²) in [7, 11) is 0. The highest BCUT2D eigenvalue weighted by Gasteiger charge is 2.59. The van der Waals surface area contributed by atoms with Gasteiger partial charge in [0.15, 0.2) is 6.61 Å². The summed E-state index contributed by atoms with van der Waals surface area (Å²) in [5.41, 5.74) is 3.37. The van der Waals surface area contributed by atoms with E-state index < -0.39 is 0 Å². The first-order chi connectivity index (χ1) is 22.0. The zero-order valence-electron chi connectivity index (χ0n) is 29.4. The molecule has 0 amide bonds. The number of rotatable bonds is 11. The fourth-order valence-corrected chi connectivity index (χ4v) is 10.9. The van der Waals surface area contributed by atoms with Crippen molar-refractivity contribution < 1.29 is 18.7 Å². The molecule has 3 fully saturated rings.